The van der Waals surface area contributed by atoms with Gasteiger partial charge in [-0.05, 0) is 54.4 Å². The van der Waals surface area contributed by atoms with Gasteiger partial charge < -0.3 is 10.1 Å². The molecule has 2 N–H and O–H groups in total. The van der Waals surface area contributed by atoms with Gasteiger partial charge in [0.15, 0.2) is 6.61 Å². The van der Waals surface area contributed by atoms with Gasteiger partial charge in [-0.2, -0.15) is 0 Å². The SMILES string of the molecule is O=C(COc1ccc(Br)cc1Cl)Nc1ccc(S(=O)(=O)NCCc2ccccc2)cc1. The lowest BCUT2D eigenvalue weighted by atomic mass is 10.2. The molecule has 0 atom stereocenters. The van der Waals surface area contributed by atoms with Gasteiger partial charge in [0.25, 0.3) is 5.91 Å². The van der Waals surface area contributed by atoms with E-state index in [-0.39, 0.29) is 11.5 Å². The van der Waals surface area contributed by atoms with Crippen molar-refractivity contribution in [2.45, 2.75) is 11.3 Å². The van der Waals surface area contributed by atoms with Crippen molar-refractivity contribution in [1.82, 2.24) is 4.72 Å². The summed E-state index contributed by atoms with van der Waals surface area (Å²) in [5, 5.41) is 3.04. The van der Waals surface area contributed by atoms with E-state index in [0.29, 0.717) is 29.4 Å². The molecule has 0 bridgehead atoms. The molecule has 9 heteroatoms. The number of nitrogens with one attached hydrogen (secondary N) is 2. The number of sulfonamides is 1. The van der Waals surface area contributed by atoms with Gasteiger partial charge in [0.2, 0.25) is 10.0 Å². The second kappa shape index (κ2) is 10.8. The van der Waals surface area contributed by atoms with E-state index in [4.69, 9.17) is 16.3 Å². The van der Waals surface area contributed by atoms with Gasteiger partial charge in [-0.1, -0.05) is 57.9 Å². The van der Waals surface area contributed by atoms with Crippen LogP contribution in [-0.2, 0) is 21.2 Å². The number of anilines is 1. The minimum atomic E-state index is -3.64. The summed E-state index contributed by atoms with van der Waals surface area (Å²) in [7, 11) is -3.64. The van der Waals surface area contributed by atoms with Crippen LogP contribution in [-0.4, -0.2) is 27.5 Å². The Kier molecular flexibility index (Phi) is 8.09. The standard InChI is InChI=1S/C22H20BrClN2O4S/c23-17-6-11-21(20(24)14-17)30-15-22(27)26-18-7-9-19(10-8-18)31(28,29)25-13-12-16-4-2-1-3-5-16/h1-11,14,25H,12-13,15H2,(H,26,27). The first-order valence-corrected chi connectivity index (χ1v) is 12.0. The Morgan fingerprint density at radius 1 is 1.00 bits per heavy atom. The first-order chi connectivity index (χ1) is 14.8. The van der Waals surface area contributed by atoms with Crippen molar-refractivity contribution in [2.75, 3.05) is 18.5 Å². The first kappa shape index (κ1) is 23.3. The average Bonchev–Trinajstić information content (AvgIpc) is 2.74. The first-order valence-electron chi connectivity index (χ1n) is 9.35. The van der Waals surface area contributed by atoms with Gasteiger partial charge in [0.05, 0.1) is 9.92 Å². The number of hydrogen-bond donors (Lipinski definition) is 2. The largest absolute Gasteiger partial charge is 0.482 e. The number of amides is 1. The van der Waals surface area contributed by atoms with E-state index in [1.807, 2.05) is 30.3 Å². The minimum absolute atomic E-state index is 0.122. The molecule has 0 aromatic heterocycles. The highest BCUT2D eigenvalue weighted by molar-refractivity contribution is 9.10. The maximum Gasteiger partial charge on any atom is 0.262 e. The van der Waals surface area contributed by atoms with E-state index in [1.165, 1.54) is 24.3 Å². The van der Waals surface area contributed by atoms with Crippen molar-refractivity contribution in [1.29, 1.82) is 0 Å². The molecule has 162 valence electrons. The van der Waals surface area contributed by atoms with Gasteiger partial charge in [-0.25, -0.2) is 13.1 Å². The zero-order valence-corrected chi connectivity index (χ0v) is 19.5. The summed E-state index contributed by atoms with van der Waals surface area (Å²) in [6, 6.07) is 20.6. The van der Waals surface area contributed by atoms with Gasteiger partial charge >= 0.3 is 0 Å². The monoisotopic (exact) mass is 522 g/mol. The van der Waals surface area contributed by atoms with Crippen LogP contribution in [0.25, 0.3) is 0 Å². The third-order valence-electron chi connectivity index (χ3n) is 4.25. The Morgan fingerprint density at radius 2 is 1.71 bits per heavy atom. The molecule has 0 heterocycles. The Hall–Kier alpha value is -2.39. The quantitative estimate of drug-likeness (QED) is 0.428. The smallest absolute Gasteiger partial charge is 0.262 e. The molecule has 3 aromatic carbocycles. The fourth-order valence-corrected chi connectivity index (χ4v) is 4.47. The Labute approximate surface area is 194 Å². The zero-order valence-electron chi connectivity index (χ0n) is 16.3. The molecule has 0 radical (unpaired) electrons. The van der Waals surface area contributed by atoms with Crippen molar-refractivity contribution in [3.05, 3.63) is 87.9 Å². The Balaban J connectivity index is 1.51. The van der Waals surface area contributed by atoms with E-state index in [9.17, 15) is 13.2 Å². The lowest BCUT2D eigenvalue weighted by Gasteiger charge is -2.10. The average molecular weight is 524 g/mol. The van der Waals surface area contributed by atoms with Gasteiger partial charge in [0.1, 0.15) is 5.75 Å². The van der Waals surface area contributed by atoms with E-state index in [2.05, 4.69) is 26.0 Å². The highest BCUT2D eigenvalue weighted by Gasteiger charge is 2.14. The number of hydrogen-bond acceptors (Lipinski definition) is 4. The fraction of sp³-hybridized carbons (Fsp3) is 0.136. The van der Waals surface area contributed by atoms with E-state index < -0.39 is 15.9 Å². The Bertz CT molecular complexity index is 1140. The van der Waals surface area contributed by atoms with E-state index in [0.717, 1.165) is 10.0 Å². The lowest BCUT2D eigenvalue weighted by Crippen LogP contribution is -2.26. The van der Waals surface area contributed by atoms with Crippen molar-refractivity contribution >= 4 is 49.1 Å². The third kappa shape index (κ3) is 7.07. The molecule has 6 nitrogen and oxygen atoms in total. The summed E-state index contributed by atoms with van der Waals surface area (Å²) in [6.07, 6.45) is 0.594. The predicted molar refractivity (Wildman–Crippen MR) is 125 cm³/mol. The van der Waals surface area contributed by atoms with Crippen molar-refractivity contribution < 1.29 is 17.9 Å². The molecule has 0 fully saturated rings. The molecular formula is C22H20BrClN2O4S. The zero-order chi connectivity index (χ0) is 22.3. The van der Waals surface area contributed by atoms with Crippen molar-refractivity contribution in [3.8, 4) is 5.75 Å². The molecule has 0 saturated carbocycles. The molecule has 3 rings (SSSR count). The normalized spacial score (nSPS) is 11.2. The van der Waals surface area contributed by atoms with Crippen LogP contribution in [0.2, 0.25) is 5.02 Å². The molecule has 0 spiro atoms. The number of benzene rings is 3. The summed E-state index contributed by atoms with van der Waals surface area (Å²) < 4.78 is 33.7. The molecule has 1 amide bonds. The van der Waals surface area contributed by atoms with Crippen LogP contribution < -0.4 is 14.8 Å². The number of carbonyl (C=O) groups excluding carboxylic acids is 1. The van der Waals surface area contributed by atoms with Crippen LogP contribution in [0, 0.1) is 0 Å². The molecule has 0 unspecified atom stereocenters. The number of ether oxygens (including phenoxy) is 1. The molecule has 31 heavy (non-hydrogen) atoms. The molecule has 0 aliphatic heterocycles. The van der Waals surface area contributed by atoms with E-state index >= 15 is 0 Å². The molecule has 0 aliphatic carbocycles. The summed E-state index contributed by atoms with van der Waals surface area (Å²) in [4.78, 5) is 12.2. The third-order valence-corrected chi connectivity index (χ3v) is 6.52. The summed E-state index contributed by atoms with van der Waals surface area (Å²) >= 11 is 9.35. The maximum atomic E-state index is 12.4. The molecule has 3 aromatic rings. The van der Waals surface area contributed by atoms with E-state index in [1.54, 1.807) is 18.2 Å². The van der Waals surface area contributed by atoms with Crippen LogP contribution in [0.15, 0.2) is 82.2 Å². The van der Waals surface area contributed by atoms with Crippen LogP contribution in [0.5, 0.6) is 5.75 Å². The topological polar surface area (TPSA) is 84.5 Å². The maximum absolute atomic E-state index is 12.4. The molecule has 0 saturated heterocycles. The van der Waals surface area contributed by atoms with Gasteiger partial charge in [-0.15, -0.1) is 0 Å². The van der Waals surface area contributed by atoms with Gasteiger partial charge in [0, 0.05) is 16.7 Å². The second-order valence-corrected chi connectivity index (χ2v) is 9.66. The van der Waals surface area contributed by atoms with Gasteiger partial charge in [-0.3, -0.25) is 4.79 Å². The van der Waals surface area contributed by atoms with Crippen LogP contribution in [0.1, 0.15) is 5.56 Å². The summed E-state index contributed by atoms with van der Waals surface area (Å²) in [5.41, 5.74) is 1.51. The highest BCUT2D eigenvalue weighted by atomic mass is 79.9. The predicted octanol–water partition coefficient (Wildman–Crippen LogP) is 4.64. The number of carbonyl (C=O) groups is 1. The molecule has 0 aliphatic rings. The second-order valence-electron chi connectivity index (χ2n) is 6.57. The number of halogens is 2. The Morgan fingerprint density at radius 3 is 2.39 bits per heavy atom. The van der Waals surface area contributed by atoms with Crippen LogP contribution in [0.4, 0.5) is 5.69 Å². The summed E-state index contributed by atoms with van der Waals surface area (Å²) in [5.74, 6) is -0.00128. The highest BCUT2D eigenvalue weighted by Crippen LogP contribution is 2.27. The molecular weight excluding hydrogens is 504 g/mol. The van der Waals surface area contributed by atoms with Crippen LogP contribution >= 0.6 is 27.5 Å². The van der Waals surface area contributed by atoms with Crippen molar-refractivity contribution in [3.63, 3.8) is 0 Å². The fourth-order valence-electron chi connectivity index (χ4n) is 2.71. The van der Waals surface area contributed by atoms with Crippen LogP contribution in [0.3, 0.4) is 0 Å². The number of rotatable bonds is 9. The lowest BCUT2D eigenvalue weighted by molar-refractivity contribution is -0.118. The summed E-state index contributed by atoms with van der Waals surface area (Å²) in [6.45, 7) is 0.0588. The van der Waals surface area contributed by atoms with Crippen molar-refractivity contribution in [2.24, 2.45) is 0 Å². The minimum Gasteiger partial charge on any atom is -0.482 e.